The lowest BCUT2D eigenvalue weighted by Crippen LogP contribution is -2.68. The Bertz CT molecular complexity index is 1250. The van der Waals surface area contributed by atoms with Crippen molar-refractivity contribution in [1.82, 2.24) is 30.5 Å². The van der Waals surface area contributed by atoms with Gasteiger partial charge < -0.3 is 10.6 Å². The number of nitrogens with one attached hydrogen (secondary N) is 2. The Hall–Kier alpha value is -3.00. The Labute approximate surface area is 302 Å². The smallest absolute Gasteiger partial charge is 0.195 e. The van der Waals surface area contributed by atoms with Crippen LogP contribution in [0.2, 0.25) is 0 Å². The molecule has 2 saturated heterocycles. The molecule has 0 radical (unpaired) electrons. The molecule has 0 aromatic carbocycles. The summed E-state index contributed by atoms with van der Waals surface area (Å²) in [6.45, 7) is 35.6. The van der Waals surface area contributed by atoms with Crippen LogP contribution in [0.3, 0.4) is 0 Å². The number of amidine groups is 4. The normalized spacial score (nSPS) is 26.6. The van der Waals surface area contributed by atoms with Crippen LogP contribution >= 0.6 is 0 Å². The zero-order valence-corrected chi connectivity index (χ0v) is 32.3. The number of nitrogens with zero attached hydrogens (tertiary/aromatic N) is 8. The van der Waals surface area contributed by atoms with E-state index in [1.807, 2.05) is 24.3 Å². The summed E-state index contributed by atoms with van der Waals surface area (Å²) in [5.41, 5.74) is -0.371. The highest BCUT2D eigenvalue weighted by Gasteiger charge is 2.46. The van der Waals surface area contributed by atoms with Gasteiger partial charge in [0.05, 0.1) is 0 Å². The molecule has 2 fully saturated rings. The van der Waals surface area contributed by atoms with E-state index in [0.717, 1.165) is 49.0 Å². The SMILES string of the molecule is C=CCC1=NC(N(CCN(C2CC(C)(C)NC(C)(C)C2)C2N=C(CC=C)N=C(CC=C)N2N)C2CC(C)(C)NC(C)(C)C2)N(N)C(CC=C)=N1. The number of nitrogens with two attached hydrogens (primary N) is 2. The van der Waals surface area contributed by atoms with Crippen LogP contribution in [0.1, 0.15) is 107 Å². The molecule has 12 heteroatoms. The maximum absolute atomic E-state index is 6.96. The molecule has 6 N–H and O–H groups in total. The van der Waals surface area contributed by atoms with Gasteiger partial charge in [0.15, 0.2) is 12.6 Å². The standard InChI is InChI=1S/C38H66N12/c1-13-17-29-41-31(19-15-3)49(39)33(43-29)47(27-23-35(5,6)45-36(7,8)24-27)21-22-48(28-25-37(9,10)46-38(11,12)26-28)34-44-30(18-14-2)42-32(20-16-4)50(34)40/h13-16,27-28,33-34,45-46H,1-4,17-26,39-40H2,5-12H3. The van der Waals surface area contributed by atoms with E-state index in [9.17, 15) is 0 Å². The van der Waals surface area contributed by atoms with Gasteiger partial charge in [-0.05, 0) is 81.1 Å². The molecule has 0 spiro atoms. The van der Waals surface area contributed by atoms with Gasteiger partial charge in [-0.1, -0.05) is 24.3 Å². The Morgan fingerprint density at radius 1 is 0.600 bits per heavy atom. The van der Waals surface area contributed by atoms with Gasteiger partial charge >= 0.3 is 0 Å². The number of hydrogen-bond donors (Lipinski definition) is 4. The van der Waals surface area contributed by atoms with Crippen molar-refractivity contribution in [2.24, 2.45) is 31.7 Å². The van der Waals surface area contributed by atoms with E-state index in [4.69, 9.17) is 31.7 Å². The quantitative estimate of drug-likeness (QED) is 0.138. The van der Waals surface area contributed by atoms with Crippen LogP contribution in [0, 0.1) is 0 Å². The van der Waals surface area contributed by atoms with Crippen LogP contribution in [0.15, 0.2) is 70.6 Å². The fourth-order valence-electron chi connectivity index (χ4n) is 8.82. The first-order valence-electron chi connectivity index (χ1n) is 18.2. The average molecular weight is 691 g/mol. The minimum absolute atomic E-state index is 0.0927. The molecule has 4 aliphatic rings. The van der Waals surface area contributed by atoms with Gasteiger partial charge in [-0.3, -0.25) is 19.8 Å². The monoisotopic (exact) mass is 691 g/mol. The van der Waals surface area contributed by atoms with E-state index in [1.165, 1.54) is 0 Å². The van der Waals surface area contributed by atoms with E-state index in [0.29, 0.717) is 38.8 Å². The molecule has 0 aliphatic carbocycles. The summed E-state index contributed by atoms with van der Waals surface area (Å²) in [7, 11) is 0. The fourth-order valence-corrected chi connectivity index (χ4v) is 8.82. The van der Waals surface area contributed by atoms with Gasteiger partial charge in [-0.15, -0.1) is 26.3 Å². The summed E-state index contributed by atoms with van der Waals surface area (Å²) in [5, 5.41) is 11.2. The summed E-state index contributed by atoms with van der Waals surface area (Å²) in [6, 6.07) is 0.352. The van der Waals surface area contributed by atoms with E-state index < -0.39 is 12.6 Å². The summed E-state index contributed by atoms with van der Waals surface area (Å²) in [5.74, 6) is 16.9. The molecule has 12 nitrogen and oxygen atoms in total. The van der Waals surface area contributed by atoms with Crippen molar-refractivity contribution < 1.29 is 0 Å². The second-order valence-corrected chi connectivity index (χ2v) is 17.0. The topological polar surface area (TPSA) is 138 Å². The Balaban J connectivity index is 1.81. The van der Waals surface area contributed by atoms with Crippen LogP contribution in [-0.4, -0.2) is 103 Å². The number of piperidine rings is 2. The van der Waals surface area contributed by atoms with Gasteiger partial charge in [0.25, 0.3) is 0 Å². The lowest BCUT2D eigenvalue weighted by Gasteiger charge is -2.54. The minimum atomic E-state index is -0.451. The highest BCUT2D eigenvalue weighted by Crippen LogP contribution is 2.36. The van der Waals surface area contributed by atoms with Crippen molar-refractivity contribution >= 4 is 23.3 Å². The molecule has 2 atom stereocenters. The number of rotatable bonds is 15. The lowest BCUT2D eigenvalue weighted by atomic mass is 9.78. The third kappa shape index (κ3) is 9.86. The molecular formula is C38H66N12. The van der Waals surface area contributed by atoms with Crippen molar-refractivity contribution in [2.75, 3.05) is 13.1 Å². The number of hydrogen-bond acceptors (Lipinski definition) is 12. The van der Waals surface area contributed by atoms with Crippen LogP contribution in [0.4, 0.5) is 0 Å². The molecule has 4 rings (SSSR count). The first kappa shape index (κ1) is 39.8. The van der Waals surface area contributed by atoms with Crippen molar-refractivity contribution in [2.45, 2.75) is 154 Å². The molecule has 0 amide bonds. The molecule has 0 saturated carbocycles. The predicted molar refractivity (Wildman–Crippen MR) is 211 cm³/mol. The largest absolute Gasteiger partial charge is 0.307 e. The average Bonchev–Trinajstić information content (AvgIpc) is 2.96. The van der Waals surface area contributed by atoms with Crippen LogP contribution < -0.4 is 22.3 Å². The Morgan fingerprint density at radius 2 is 0.900 bits per heavy atom. The van der Waals surface area contributed by atoms with E-state index in [1.54, 1.807) is 10.0 Å². The Morgan fingerprint density at radius 3 is 1.18 bits per heavy atom. The van der Waals surface area contributed by atoms with E-state index in [2.05, 4.69) is 102 Å². The number of hydrazine groups is 2. The first-order chi connectivity index (χ1) is 23.3. The minimum Gasteiger partial charge on any atom is -0.307 e. The van der Waals surface area contributed by atoms with Gasteiger partial charge in [0.1, 0.15) is 23.3 Å². The third-order valence-electron chi connectivity index (χ3n) is 9.93. The van der Waals surface area contributed by atoms with Gasteiger partial charge in [0, 0.05) is 73.0 Å². The van der Waals surface area contributed by atoms with Crippen LogP contribution in [0.25, 0.3) is 0 Å². The molecule has 0 bridgehead atoms. The summed E-state index contributed by atoms with van der Waals surface area (Å²) >= 11 is 0. The maximum Gasteiger partial charge on any atom is 0.195 e. The molecule has 0 aromatic rings. The fraction of sp³-hybridized carbons (Fsp3) is 0.684. The first-order valence-corrected chi connectivity index (χ1v) is 18.2. The zero-order valence-electron chi connectivity index (χ0n) is 32.3. The van der Waals surface area contributed by atoms with Crippen molar-refractivity contribution in [3.63, 3.8) is 0 Å². The molecule has 4 heterocycles. The second-order valence-electron chi connectivity index (χ2n) is 17.0. The van der Waals surface area contributed by atoms with Crippen LogP contribution in [0.5, 0.6) is 0 Å². The predicted octanol–water partition coefficient (Wildman–Crippen LogP) is 5.05. The second kappa shape index (κ2) is 15.7. The van der Waals surface area contributed by atoms with Gasteiger partial charge in [-0.2, -0.15) is 0 Å². The maximum atomic E-state index is 6.96. The van der Waals surface area contributed by atoms with Gasteiger partial charge in [-0.25, -0.2) is 31.7 Å². The molecule has 278 valence electrons. The molecule has 2 unspecified atom stereocenters. The van der Waals surface area contributed by atoms with Crippen LogP contribution in [-0.2, 0) is 0 Å². The summed E-state index contributed by atoms with van der Waals surface area (Å²) < 4.78 is 0. The van der Waals surface area contributed by atoms with E-state index >= 15 is 0 Å². The molecular weight excluding hydrogens is 625 g/mol. The third-order valence-corrected chi connectivity index (χ3v) is 9.93. The van der Waals surface area contributed by atoms with E-state index in [-0.39, 0.29) is 34.2 Å². The van der Waals surface area contributed by atoms with Gasteiger partial charge in [0.2, 0.25) is 0 Å². The van der Waals surface area contributed by atoms with Crippen molar-refractivity contribution in [1.29, 1.82) is 0 Å². The van der Waals surface area contributed by atoms with Crippen molar-refractivity contribution in [3.05, 3.63) is 50.6 Å². The highest BCUT2D eigenvalue weighted by atomic mass is 15.6. The lowest BCUT2D eigenvalue weighted by molar-refractivity contribution is -0.0358. The molecule has 0 aromatic heterocycles. The summed E-state index contributed by atoms with van der Waals surface area (Å²) in [4.78, 5) is 25.0. The van der Waals surface area contributed by atoms with Crippen molar-refractivity contribution in [3.8, 4) is 0 Å². The highest BCUT2D eigenvalue weighted by molar-refractivity contribution is 6.00. The molecule has 4 aliphatic heterocycles. The number of aliphatic imine (C=N–C) groups is 4. The summed E-state index contributed by atoms with van der Waals surface area (Å²) in [6.07, 6.45) is 12.4. The molecule has 50 heavy (non-hydrogen) atoms. The zero-order chi connectivity index (χ0) is 37.1. The Kier molecular flexibility index (Phi) is 12.5.